The fourth-order valence-corrected chi connectivity index (χ4v) is 4.71. The van der Waals surface area contributed by atoms with Crippen molar-refractivity contribution in [1.29, 1.82) is 0 Å². The van der Waals surface area contributed by atoms with Gasteiger partial charge in [-0.25, -0.2) is 9.97 Å². The van der Waals surface area contributed by atoms with E-state index in [0.717, 1.165) is 52.5 Å². The molecule has 2 aromatic carbocycles. The summed E-state index contributed by atoms with van der Waals surface area (Å²) in [5.41, 5.74) is 3.92. The molecule has 0 aliphatic carbocycles. The fraction of sp³-hybridized carbons (Fsp3) is 0.296. The first-order valence-electron chi connectivity index (χ1n) is 11.8. The Kier molecular flexibility index (Phi) is 6.59. The van der Waals surface area contributed by atoms with Crippen LogP contribution in [0.3, 0.4) is 0 Å². The molecule has 0 radical (unpaired) electrons. The normalized spacial score (nSPS) is 14.8. The Hall–Kier alpha value is -3.58. The number of hydrogen-bond donors (Lipinski definition) is 1. The zero-order valence-corrected chi connectivity index (χ0v) is 20.6. The molecule has 1 N–H and O–H groups in total. The van der Waals surface area contributed by atoms with Crippen molar-refractivity contribution >= 4 is 34.4 Å². The second-order valence-corrected chi connectivity index (χ2v) is 9.34. The van der Waals surface area contributed by atoms with Crippen LogP contribution in [-0.2, 0) is 4.79 Å². The van der Waals surface area contributed by atoms with Gasteiger partial charge in [0.1, 0.15) is 23.5 Å². The van der Waals surface area contributed by atoms with Crippen molar-refractivity contribution in [1.82, 2.24) is 19.9 Å². The average Bonchev–Trinajstić information content (AvgIpc) is 3.34. The van der Waals surface area contributed by atoms with Crippen molar-refractivity contribution in [3.8, 4) is 17.0 Å². The molecule has 0 bridgehead atoms. The highest BCUT2D eigenvalue weighted by Gasteiger charge is 2.25. The molecular weight excluding hydrogens is 462 g/mol. The first-order valence-corrected chi connectivity index (χ1v) is 12.2. The van der Waals surface area contributed by atoms with Gasteiger partial charge in [0, 0.05) is 43.3 Å². The molecule has 1 aliphatic rings. The van der Waals surface area contributed by atoms with E-state index < -0.39 is 0 Å². The summed E-state index contributed by atoms with van der Waals surface area (Å²) < 4.78 is 5.32. The van der Waals surface area contributed by atoms with Gasteiger partial charge >= 0.3 is 0 Å². The lowest BCUT2D eigenvalue weighted by Crippen LogP contribution is -2.49. The van der Waals surface area contributed by atoms with Gasteiger partial charge in [0.05, 0.1) is 12.5 Å². The van der Waals surface area contributed by atoms with Crippen molar-refractivity contribution in [2.24, 2.45) is 0 Å². The maximum atomic E-state index is 13.0. The lowest BCUT2D eigenvalue weighted by Gasteiger charge is -2.36. The number of rotatable bonds is 6. The predicted octanol–water partition coefficient (Wildman–Crippen LogP) is 5.13. The number of nitrogens with zero attached hydrogens (tertiary/aromatic N) is 4. The highest BCUT2D eigenvalue weighted by molar-refractivity contribution is 6.30. The molecule has 1 aliphatic heterocycles. The highest BCUT2D eigenvalue weighted by atomic mass is 35.5. The summed E-state index contributed by atoms with van der Waals surface area (Å²) in [6.45, 7) is 4.89. The number of H-pyrrole nitrogens is 1. The first kappa shape index (κ1) is 23.2. The van der Waals surface area contributed by atoms with E-state index >= 15 is 0 Å². The summed E-state index contributed by atoms with van der Waals surface area (Å²) in [5.74, 6) is 2.02. The zero-order chi connectivity index (χ0) is 24.4. The molecule has 8 heteroatoms. The van der Waals surface area contributed by atoms with E-state index in [1.54, 1.807) is 13.4 Å². The number of halogens is 1. The number of aromatic amines is 1. The van der Waals surface area contributed by atoms with Gasteiger partial charge < -0.3 is 19.5 Å². The Balaban J connectivity index is 1.25. The number of ether oxygens (including phenoxy) is 1. The quantitative estimate of drug-likeness (QED) is 0.406. The Bertz CT molecular complexity index is 1330. The second kappa shape index (κ2) is 9.96. The molecule has 7 nitrogen and oxygen atoms in total. The largest absolute Gasteiger partial charge is 0.497 e. The van der Waals surface area contributed by atoms with Crippen molar-refractivity contribution in [3.63, 3.8) is 0 Å². The third kappa shape index (κ3) is 4.95. The fourth-order valence-electron chi connectivity index (χ4n) is 4.59. The Morgan fingerprint density at radius 2 is 1.86 bits per heavy atom. The van der Waals surface area contributed by atoms with Crippen LogP contribution in [0.5, 0.6) is 5.75 Å². The third-order valence-electron chi connectivity index (χ3n) is 6.64. The van der Waals surface area contributed by atoms with E-state index in [0.29, 0.717) is 24.5 Å². The topological polar surface area (TPSA) is 74.3 Å². The predicted molar refractivity (Wildman–Crippen MR) is 139 cm³/mol. The van der Waals surface area contributed by atoms with Crippen LogP contribution >= 0.6 is 11.6 Å². The maximum absolute atomic E-state index is 13.0. The van der Waals surface area contributed by atoms with Gasteiger partial charge in [-0.15, -0.1) is 0 Å². The van der Waals surface area contributed by atoms with Gasteiger partial charge in [-0.05, 0) is 47.4 Å². The van der Waals surface area contributed by atoms with Crippen molar-refractivity contribution in [3.05, 3.63) is 71.5 Å². The van der Waals surface area contributed by atoms with Crippen LogP contribution in [0.1, 0.15) is 24.8 Å². The van der Waals surface area contributed by atoms with Crippen LogP contribution in [-0.4, -0.2) is 59.0 Å². The standard InChI is InChI=1S/C27H28ClN5O2/c1-18(20-4-3-5-22(15-20)35-2)14-25(34)32-10-12-33(13-11-32)27-23-16-24(31-26(23)29-17-30-27)19-6-8-21(28)9-7-19/h3-9,15-18H,10-14H2,1-2H3,(H,29,30,31)/t18-/m1/s1. The van der Waals surface area contributed by atoms with Crippen LogP contribution in [0, 0.1) is 0 Å². The molecule has 1 saturated heterocycles. The van der Waals surface area contributed by atoms with Crippen LogP contribution < -0.4 is 9.64 Å². The van der Waals surface area contributed by atoms with Crippen LogP contribution in [0.25, 0.3) is 22.3 Å². The Morgan fingerprint density at radius 3 is 2.60 bits per heavy atom. The molecule has 4 aromatic rings. The summed E-state index contributed by atoms with van der Waals surface area (Å²) >= 11 is 6.04. The van der Waals surface area contributed by atoms with Gasteiger partial charge in [-0.1, -0.05) is 42.8 Å². The Morgan fingerprint density at radius 1 is 1.09 bits per heavy atom. The van der Waals surface area contributed by atoms with E-state index in [1.807, 2.05) is 53.4 Å². The number of anilines is 1. The number of fused-ring (bicyclic) bond motifs is 1. The molecule has 0 saturated carbocycles. The monoisotopic (exact) mass is 489 g/mol. The number of nitrogens with one attached hydrogen (secondary N) is 1. The number of carbonyl (C=O) groups excluding carboxylic acids is 1. The third-order valence-corrected chi connectivity index (χ3v) is 6.89. The van der Waals surface area contributed by atoms with E-state index in [2.05, 4.69) is 32.8 Å². The molecule has 1 amide bonds. The Labute approximate surface area is 209 Å². The van der Waals surface area contributed by atoms with Crippen LogP contribution in [0.15, 0.2) is 60.9 Å². The molecule has 2 aromatic heterocycles. The molecule has 1 fully saturated rings. The minimum absolute atomic E-state index is 0.128. The molecule has 3 heterocycles. The van der Waals surface area contributed by atoms with Gasteiger partial charge in [0.2, 0.25) is 5.91 Å². The highest BCUT2D eigenvalue weighted by Crippen LogP contribution is 2.30. The van der Waals surface area contributed by atoms with Gasteiger partial charge in [0.15, 0.2) is 0 Å². The van der Waals surface area contributed by atoms with E-state index in [9.17, 15) is 4.79 Å². The zero-order valence-electron chi connectivity index (χ0n) is 19.9. The van der Waals surface area contributed by atoms with E-state index in [-0.39, 0.29) is 11.8 Å². The number of aromatic nitrogens is 3. The number of amides is 1. The van der Waals surface area contributed by atoms with Crippen molar-refractivity contribution in [2.45, 2.75) is 19.3 Å². The smallest absolute Gasteiger partial charge is 0.223 e. The summed E-state index contributed by atoms with van der Waals surface area (Å²) in [4.78, 5) is 29.6. The van der Waals surface area contributed by atoms with E-state index in [4.69, 9.17) is 16.3 Å². The summed E-state index contributed by atoms with van der Waals surface area (Å²) in [6.07, 6.45) is 2.07. The molecule has 180 valence electrons. The minimum atomic E-state index is 0.128. The number of benzene rings is 2. The maximum Gasteiger partial charge on any atom is 0.223 e. The minimum Gasteiger partial charge on any atom is -0.497 e. The first-order chi connectivity index (χ1) is 17.0. The van der Waals surface area contributed by atoms with Crippen LogP contribution in [0.4, 0.5) is 5.82 Å². The molecule has 0 spiro atoms. The number of methoxy groups -OCH3 is 1. The molecule has 5 rings (SSSR count). The number of hydrogen-bond acceptors (Lipinski definition) is 5. The molecular formula is C27H28ClN5O2. The number of piperazine rings is 1. The van der Waals surface area contributed by atoms with E-state index in [1.165, 1.54) is 0 Å². The lowest BCUT2D eigenvalue weighted by molar-refractivity contribution is -0.131. The summed E-state index contributed by atoms with van der Waals surface area (Å²) in [5, 5.41) is 1.68. The van der Waals surface area contributed by atoms with Crippen LogP contribution in [0.2, 0.25) is 5.02 Å². The second-order valence-electron chi connectivity index (χ2n) is 8.90. The number of carbonyl (C=O) groups is 1. The lowest BCUT2D eigenvalue weighted by atomic mass is 9.97. The molecule has 35 heavy (non-hydrogen) atoms. The van der Waals surface area contributed by atoms with Gasteiger partial charge in [-0.3, -0.25) is 4.79 Å². The molecule has 1 atom stereocenters. The van der Waals surface area contributed by atoms with Crippen molar-refractivity contribution < 1.29 is 9.53 Å². The van der Waals surface area contributed by atoms with Crippen molar-refractivity contribution in [2.75, 3.05) is 38.2 Å². The SMILES string of the molecule is COc1cccc([C@H](C)CC(=O)N2CCN(c3ncnc4[nH]c(-c5ccc(Cl)cc5)cc34)CC2)c1. The van der Waals surface area contributed by atoms with Gasteiger partial charge in [-0.2, -0.15) is 0 Å². The molecule has 0 unspecified atom stereocenters. The average molecular weight is 490 g/mol. The summed E-state index contributed by atoms with van der Waals surface area (Å²) in [6, 6.07) is 17.7. The summed E-state index contributed by atoms with van der Waals surface area (Å²) in [7, 11) is 1.66. The van der Waals surface area contributed by atoms with Gasteiger partial charge in [0.25, 0.3) is 0 Å².